The van der Waals surface area contributed by atoms with Gasteiger partial charge < -0.3 is 4.74 Å². The van der Waals surface area contributed by atoms with Gasteiger partial charge in [-0.25, -0.2) is 4.39 Å². The summed E-state index contributed by atoms with van der Waals surface area (Å²) in [5.74, 6) is 0.512. The molecular weight excluding hydrogens is 311 g/mol. The van der Waals surface area contributed by atoms with Crippen molar-refractivity contribution in [1.82, 2.24) is 0 Å². The van der Waals surface area contributed by atoms with Gasteiger partial charge in [-0.15, -0.1) is 6.58 Å². The fourth-order valence-electron chi connectivity index (χ4n) is 2.86. The van der Waals surface area contributed by atoms with E-state index in [1.165, 1.54) is 5.56 Å². The van der Waals surface area contributed by atoms with Crippen LogP contribution in [0.15, 0.2) is 79.9 Å². The van der Waals surface area contributed by atoms with Gasteiger partial charge in [0.25, 0.3) is 0 Å². The van der Waals surface area contributed by atoms with Gasteiger partial charge in [0.1, 0.15) is 18.2 Å². The summed E-state index contributed by atoms with van der Waals surface area (Å²) in [6.45, 7) is 7.81. The van der Waals surface area contributed by atoms with Crippen LogP contribution < -0.4 is 4.74 Å². The second-order valence-electron chi connectivity index (χ2n) is 5.93. The number of aryl methyl sites for hydroxylation is 1. The van der Waals surface area contributed by atoms with Crippen molar-refractivity contribution >= 4 is 10.8 Å². The number of rotatable bonds is 7. The zero-order valence-electron chi connectivity index (χ0n) is 14.2. The predicted molar refractivity (Wildman–Crippen MR) is 104 cm³/mol. The zero-order chi connectivity index (χ0) is 17.6. The Morgan fingerprint density at radius 2 is 1.72 bits per heavy atom. The molecule has 0 atom stereocenters. The van der Waals surface area contributed by atoms with Crippen LogP contribution in [0.3, 0.4) is 0 Å². The van der Waals surface area contributed by atoms with Gasteiger partial charge in [0.2, 0.25) is 0 Å². The Balaban J connectivity index is 1.93. The third kappa shape index (κ3) is 3.80. The highest BCUT2D eigenvalue weighted by molar-refractivity contribution is 5.89. The fraction of sp³-hybridized carbons (Fsp3) is 0.130. The summed E-state index contributed by atoms with van der Waals surface area (Å²) in [5.41, 5.74) is 2.73. The van der Waals surface area contributed by atoms with E-state index in [2.05, 4.69) is 25.3 Å². The van der Waals surface area contributed by atoms with Crippen molar-refractivity contribution in [2.45, 2.75) is 12.8 Å². The average molecular weight is 332 g/mol. The first-order chi connectivity index (χ1) is 12.2. The molecule has 0 bridgehead atoms. The summed E-state index contributed by atoms with van der Waals surface area (Å²) in [6.07, 6.45) is 5.49. The number of fused-ring (bicyclic) bond motifs is 1. The molecule has 0 radical (unpaired) electrons. The van der Waals surface area contributed by atoms with Gasteiger partial charge in [-0.05, 0) is 47.6 Å². The molecule has 3 aromatic rings. The van der Waals surface area contributed by atoms with Crippen molar-refractivity contribution in [1.29, 1.82) is 0 Å². The van der Waals surface area contributed by atoms with E-state index in [-0.39, 0.29) is 5.82 Å². The largest absolute Gasteiger partial charge is 0.490 e. The van der Waals surface area contributed by atoms with Crippen molar-refractivity contribution in [2.75, 3.05) is 6.61 Å². The third-order valence-electron chi connectivity index (χ3n) is 4.20. The van der Waals surface area contributed by atoms with E-state index in [1.54, 1.807) is 18.2 Å². The quantitative estimate of drug-likeness (QED) is 0.459. The summed E-state index contributed by atoms with van der Waals surface area (Å²) < 4.78 is 20.5. The van der Waals surface area contributed by atoms with Gasteiger partial charge >= 0.3 is 0 Å². The molecule has 0 aliphatic carbocycles. The van der Waals surface area contributed by atoms with Crippen molar-refractivity contribution in [3.8, 4) is 16.9 Å². The third-order valence-corrected chi connectivity index (χ3v) is 4.20. The normalized spacial score (nSPS) is 10.6. The minimum absolute atomic E-state index is 0.202. The first-order valence-electron chi connectivity index (χ1n) is 8.39. The van der Waals surface area contributed by atoms with Gasteiger partial charge in [-0.3, -0.25) is 0 Å². The summed E-state index contributed by atoms with van der Waals surface area (Å²) in [4.78, 5) is 0. The fourth-order valence-corrected chi connectivity index (χ4v) is 2.86. The number of hydrogen-bond donors (Lipinski definition) is 0. The smallest absolute Gasteiger partial charge is 0.138 e. The van der Waals surface area contributed by atoms with E-state index in [1.807, 2.05) is 36.4 Å². The standard InChI is InChI=1S/C23H21FO/c1-3-5-6-17-7-9-18(10-8-17)21-13-11-19-16-20(25-15-4-2)12-14-22(19)23(21)24/h3-4,7-14,16H,1-2,5-6,15H2. The van der Waals surface area contributed by atoms with Gasteiger partial charge in [-0.2, -0.15) is 0 Å². The Bertz CT molecular complexity index is 894. The van der Waals surface area contributed by atoms with Crippen LogP contribution >= 0.6 is 0 Å². The molecule has 0 saturated heterocycles. The Labute approximate surface area is 148 Å². The topological polar surface area (TPSA) is 9.23 Å². The number of allylic oxidation sites excluding steroid dienone is 1. The van der Waals surface area contributed by atoms with Crippen LogP contribution in [-0.4, -0.2) is 6.61 Å². The SMILES string of the molecule is C=CCCc1ccc(-c2ccc3cc(OCC=C)ccc3c2F)cc1. The molecule has 0 fully saturated rings. The van der Waals surface area contributed by atoms with Gasteiger partial charge in [0.15, 0.2) is 0 Å². The summed E-state index contributed by atoms with van der Waals surface area (Å²) in [7, 11) is 0. The number of ether oxygens (including phenoxy) is 1. The molecule has 25 heavy (non-hydrogen) atoms. The first-order valence-corrected chi connectivity index (χ1v) is 8.39. The molecule has 3 aromatic carbocycles. The predicted octanol–water partition coefficient (Wildman–Crippen LogP) is 6.33. The second kappa shape index (κ2) is 7.80. The summed E-state index contributed by atoms with van der Waals surface area (Å²) >= 11 is 0. The van der Waals surface area contributed by atoms with Crippen LogP contribution in [0.1, 0.15) is 12.0 Å². The maximum atomic E-state index is 15.0. The molecule has 0 aliphatic rings. The lowest BCUT2D eigenvalue weighted by Gasteiger charge is -2.10. The van der Waals surface area contributed by atoms with E-state index < -0.39 is 0 Å². The maximum Gasteiger partial charge on any atom is 0.138 e. The van der Waals surface area contributed by atoms with Gasteiger partial charge in [-0.1, -0.05) is 55.1 Å². The van der Waals surface area contributed by atoms with E-state index in [4.69, 9.17) is 4.74 Å². The molecule has 0 aliphatic heterocycles. The summed E-state index contributed by atoms with van der Waals surface area (Å²) in [6, 6.07) is 17.2. The molecule has 0 unspecified atom stereocenters. The number of hydrogen-bond acceptors (Lipinski definition) is 1. The van der Waals surface area contributed by atoms with Crippen molar-refractivity contribution in [3.63, 3.8) is 0 Å². The van der Waals surface area contributed by atoms with Gasteiger partial charge in [0, 0.05) is 10.9 Å². The molecular formula is C23H21FO. The lowest BCUT2D eigenvalue weighted by Crippen LogP contribution is -1.93. The van der Waals surface area contributed by atoms with Crippen LogP contribution in [0, 0.1) is 5.82 Å². The molecule has 0 N–H and O–H groups in total. The Kier molecular flexibility index (Phi) is 5.30. The van der Waals surface area contributed by atoms with Crippen LogP contribution in [-0.2, 0) is 6.42 Å². The highest BCUT2D eigenvalue weighted by Gasteiger charge is 2.10. The molecule has 3 rings (SSSR count). The number of benzene rings is 3. The van der Waals surface area contributed by atoms with E-state index in [0.29, 0.717) is 23.3 Å². The maximum absolute atomic E-state index is 15.0. The highest BCUT2D eigenvalue weighted by Crippen LogP contribution is 2.31. The minimum atomic E-state index is -0.202. The lowest BCUT2D eigenvalue weighted by molar-refractivity contribution is 0.364. The van der Waals surface area contributed by atoms with Crippen molar-refractivity contribution in [3.05, 3.63) is 91.3 Å². The Morgan fingerprint density at radius 1 is 0.920 bits per heavy atom. The average Bonchev–Trinajstić information content (AvgIpc) is 2.65. The van der Waals surface area contributed by atoms with E-state index >= 15 is 0 Å². The van der Waals surface area contributed by atoms with Crippen LogP contribution in [0.25, 0.3) is 21.9 Å². The molecule has 1 nitrogen and oxygen atoms in total. The Hall–Kier alpha value is -2.87. The molecule has 0 amide bonds. The minimum Gasteiger partial charge on any atom is -0.490 e. The van der Waals surface area contributed by atoms with Crippen LogP contribution in [0.4, 0.5) is 4.39 Å². The second-order valence-corrected chi connectivity index (χ2v) is 5.93. The Morgan fingerprint density at radius 3 is 2.44 bits per heavy atom. The van der Waals surface area contributed by atoms with E-state index in [9.17, 15) is 4.39 Å². The monoisotopic (exact) mass is 332 g/mol. The van der Waals surface area contributed by atoms with Crippen molar-refractivity contribution < 1.29 is 9.13 Å². The molecule has 0 heterocycles. The van der Waals surface area contributed by atoms with Crippen LogP contribution in [0.5, 0.6) is 5.75 Å². The molecule has 0 saturated carbocycles. The van der Waals surface area contributed by atoms with Crippen molar-refractivity contribution in [2.24, 2.45) is 0 Å². The first kappa shape index (κ1) is 17.0. The molecule has 0 spiro atoms. The molecule has 0 aromatic heterocycles. The van der Waals surface area contributed by atoms with E-state index in [0.717, 1.165) is 23.8 Å². The number of halogens is 1. The summed E-state index contributed by atoms with van der Waals surface area (Å²) in [5, 5.41) is 1.42. The molecule has 126 valence electrons. The lowest BCUT2D eigenvalue weighted by atomic mass is 9.98. The molecule has 2 heteroatoms. The highest BCUT2D eigenvalue weighted by atomic mass is 19.1. The van der Waals surface area contributed by atoms with Gasteiger partial charge in [0.05, 0.1) is 0 Å². The zero-order valence-corrected chi connectivity index (χ0v) is 14.2. The van der Waals surface area contributed by atoms with Crippen LogP contribution in [0.2, 0.25) is 0 Å².